The Balaban J connectivity index is 2.11. The van der Waals surface area contributed by atoms with Crippen molar-refractivity contribution in [3.8, 4) is 0 Å². The average Bonchev–Trinajstić information content (AvgIpc) is 2.46. The van der Waals surface area contributed by atoms with Crippen LogP contribution in [0.2, 0.25) is 10.0 Å². The van der Waals surface area contributed by atoms with E-state index in [1.807, 2.05) is 32.9 Å². The minimum atomic E-state index is -0.775. The molecule has 2 aromatic carbocycles. The van der Waals surface area contributed by atoms with Gasteiger partial charge in [-0.1, -0.05) is 40.9 Å². The number of nitrogens with one attached hydrogen (secondary N) is 2. The number of aryl methyl sites for hydroxylation is 3. The van der Waals surface area contributed by atoms with E-state index >= 15 is 0 Å². The van der Waals surface area contributed by atoms with Crippen LogP contribution < -0.4 is 10.6 Å². The van der Waals surface area contributed by atoms with Crippen molar-refractivity contribution < 1.29 is 9.59 Å². The molecule has 0 aliphatic carbocycles. The number of benzene rings is 2. The fourth-order valence-corrected chi connectivity index (χ4v) is 2.61. The quantitative estimate of drug-likeness (QED) is 0.783. The first-order valence-electron chi connectivity index (χ1n) is 6.93. The maximum absolute atomic E-state index is 12.1. The van der Waals surface area contributed by atoms with E-state index in [1.54, 1.807) is 12.1 Å². The second-order valence-corrected chi connectivity index (χ2v) is 6.13. The number of halogens is 2. The van der Waals surface area contributed by atoms with Crippen LogP contribution in [0.1, 0.15) is 16.7 Å². The van der Waals surface area contributed by atoms with E-state index in [2.05, 4.69) is 10.6 Å². The molecule has 2 aromatic rings. The van der Waals surface area contributed by atoms with Crippen LogP contribution in [0.25, 0.3) is 0 Å². The van der Waals surface area contributed by atoms with Crippen LogP contribution >= 0.6 is 23.2 Å². The van der Waals surface area contributed by atoms with Gasteiger partial charge in [0.05, 0.1) is 10.0 Å². The minimum absolute atomic E-state index is 0.301. The molecule has 6 heteroatoms. The van der Waals surface area contributed by atoms with Crippen LogP contribution in [-0.4, -0.2) is 11.8 Å². The Morgan fingerprint density at radius 2 is 1.39 bits per heavy atom. The fraction of sp³-hybridized carbons (Fsp3) is 0.176. The fourth-order valence-electron chi connectivity index (χ4n) is 2.31. The van der Waals surface area contributed by atoms with Gasteiger partial charge in [0.2, 0.25) is 0 Å². The zero-order valence-corrected chi connectivity index (χ0v) is 14.5. The standard InChI is InChI=1S/C17H16Cl2N2O2/c1-9-6-10(2)15(11(3)7-9)21-17(23)16(22)20-12-4-5-13(18)14(19)8-12/h4-8H,1-3H3,(H,20,22)(H,21,23). The Hall–Kier alpha value is -2.04. The summed E-state index contributed by atoms with van der Waals surface area (Å²) in [5.41, 5.74) is 3.94. The third kappa shape index (κ3) is 4.24. The normalized spacial score (nSPS) is 10.3. The first kappa shape index (κ1) is 17.3. The van der Waals surface area contributed by atoms with Crippen molar-refractivity contribution in [1.82, 2.24) is 0 Å². The predicted molar refractivity (Wildman–Crippen MR) is 94.4 cm³/mol. The lowest BCUT2D eigenvalue weighted by Gasteiger charge is -2.13. The molecule has 0 radical (unpaired) electrons. The minimum Gasteiger partial charge on any atom is -0.318 e. The van der Waals surface area contributed by atoms with Gasteiger partial charge in [-0.05, 0) is 50.1 Å². The van der Waals surface area contributed by atoms with Crippen molar-refractivity contribution in [3.05, 3.63) is 57.1 Å². The maximum Gasteiger partial charge on any atom is 0.314 e. The maximum atomic E-state index is 12.1. The topological polar surface area (TPSA) is 58.2 Å². The molecule has 0 saturated heterocycles. The molecule has 0 heterocycles. The molecule has 0 aliphatic heterocycles. The summed E-state index contributed by atoms with van der Waals surface area (Å²) in [7, 11) is 0. The van der Waals surface area contributed by atoms with Gasteiger partial charge in [0, 0.05) is 11.4 Å². The summed E-state index contributed by atoms with van der Waals surface area (Å²) >= 11 is 11.7. The smallest absolute Gasteiger partial charge is 0.314 e. The van der Waals surface area contributed by atoms with E-state index in [4.69, 9.17) is 23.2 Å². The largest absolute Gasteiger partial charge is 0.318 e. The summed E-state index contributed by atoms with van der Waals surface area (Å²) in [4.78, 5) is 24.1. The van der Waals surface area contributed by atoms with E-state index in [0.29, 0.717) is 21.4 Å². The lowest BCUT2D eigenvalue weighted by atomic mass is 10.1. The predicted octanol–water partition coefficient (Wildman–Crippen LogP) is 4.50. The summed E-state index contributed by atoms with van der Waals surface area (Å²) in [5.74, 6) is -1.52. The van der Waals surface area contributed by atoms with Crippen molar-refractivity contribution in [1.29, 1.82) is 0 Å². The van der Waals surface area contributed by atoms with Gasteiger partial charge in [0.15, 0.2) is 0 Å². The molecule has 0 atom stereocenters. The zero-order valence-electron chi connectivity index (χ0n) is 13.0. The molecule has 120 valence electrons. The summed E-state index contributed by atoms with van der Waals surface area (Å²) in [6.45, 7) is 5.74. The first-order valence-corrected chi connectivity index (χ1v) is 7.68. The lowest BCUT2D eigenvalue weighted by Crippen LogP contribution is -2.29. The Morgan fingerprint density at radius 1 is 0.826 bits per heavy atom. The van der Waals surface area contributed by atoms with Crippen LogP contribution in [0.5, 0.6) is 0 Å². The number of carbonyl (C=O) groups is 2. The van der Waals surface area contributed by atoms with Gasteiger partial charge >= 0.3 is 11.8 Å². The Labute approximate surface area is 144 Å². The van der Waals surface area contributed by atoms with E-state index in [9.17, 15) is 9.59 Å². The van der Waals surface area contributed by atoms with Crippen molar-refractivity contribution in [2.45, 2.75) is 20.8 Å². The summed E-state index contributed by atoms with van der Waals surface area (Å²) in [6, 6.07) is 8.49. The van der Waals surface area contributed by atoms with Crippen LogP contribution in [-0.2, 0) is 9.59 Å². The van der Waals surface area contributed by atoms with E-state index in [-0.39, 0.29) is 0 Å². The van der Waals surface area contributed by atoms with Gasteiger partial charge in [-0.15, -0.1) is 0 Å². The molecule has 4 nitrogen and oxygen atoms in total. The number of hydrogen-bond acceptors (Lipinski definition) is 2. The van der Waals surface area contributed by atoms with E-state index < -0.39 is 11.8 Å². The summed E-state index contributed by atoms with van der Waals surface area (Å²) < 4.78 is 0. The second kappa shape index (κ2) is 7.02. The van der Waals surface area contributed by atoms with E-state index in [0.717, 1.165) is 16.7 Å². The number of amides is 2. The van der Waals surface area contributed by atoms with Crippen molar-refractivity contribution in [2.24, 2.45) is 0 Å². The third-order valence-electron chi connectivity index (χ3n) is 3.30. The SMILES string of the molecule is Cc1cc(C)c(NC(=O)C(=O)Nc2ccc(Cl)c(Cl)c2)c(C)c1. The Morgan fingerprint density at radius 3 is 1.96 bits per heavy atom. The van der Waals surface area contributed by atoms with Crippen molar-refractivity contribution in [3.63, 3.8) is 0 Å². The molecule has 0 fully saturated rings. The summed E-state index contributed by atoms with van der Waals surface area (Å²) in [5, 5.41) is 5.80. The number of anilines is 2. The van der Waals surface area contributed by atoms with Gasteiger partial charge < -0.3 is 10.6 Å². The van der Waals surface area contributed by atoms with Gasteiger partial charge in [-0.25, -0.2) is 0 Å². The zero-order chi connectivity index (χ0) is 17.1. The average molecular weight is 351 g/mol. The Bertz CT molecular complexity index is 765. The molecular formula is C17H16Cl2N2O2. The molecular weight excluding hydrogens is 335 g/mol. The van der Waals surface area contributed by atoms with Crippen molar-refractivity contribution in [2.75, 3.05) is 10.6 Å². The molecule has 0 aromatic heterocycles. The molecule has 0 saturated carbocycles. The molecule has 2 N–H and O–H groups in total. The van der Waals surface area contributed by atoms with Crippen LogP contribution in [0.3, 0.4) is 0 Å². The van der Waals surface area contributed by atoms with Gasteiger partial charge in [-0.3, -0.25) is 9.59 Å². The van der Waals surface area contributed by atoms with Gasteiger partial charge in [0.25, 0.3) is 0 Å². The first-order chi connectivity index (χ1) is 10.8. The molecule has 2 rings (SSSR count). The molecule has 0 aliphatic rings. The molecule has 0 spiro atoms. The van der Waals surface area contributed by atoms with Crippen LogP contribution in [0.15, 0.2) is 30.3 Å². The monoisotopic (exact) mass is 350 g/mol. The van der Waals surface area contributed by atoms with Gasteiger partial charge in [0.1, 0.15) is 0 Å². The lowest BCUT2D eigenvalue weighted by molar-refractivity contribution is -0.133. The molecule has 0 bridgehead atoms. The highest BCUT2D eigenvalue weighted by atomic mass is 35.5. The van der Waals surface area contributed by atoms with Crippen molar-refractivity contribution >= 4 is 46.4 Å². The van der Waals surface area contributed by atoms with Crippen LogP contribution in [0.4, 0.5) is 11.4 Å². The van der Waals surface area contributed by atoms with Gasteiger partial charge in [-0.2, -0.15) is 0 Å². The molecule has 23 heavy (non-hydrogen) atoms. The molecule has 2 amide bonds. The highest BCUT2D eigenvalue weighted by Crippen LogP contribution is 2.25. The highest BCUT2D eigenvalue weighted by molar-refractivity contribution is 6.44. The number of hydrogen-bond donors (Lipinski definition) is 2. The van der Waals surface area contributed by atoms with Crippen LogP contribution in [0, 0.1) is 20.8 Å². The molecule has 0 unspecified atom stereocenters. The highest BCUT2D eigenvalue weighted by Gasteiger charge is 2.16. The Kier molecular flexibility index (Phi) is 5.29. The summed E-state index contributed by atoms with van der Waals surface area (Å²) in [6.07, 6.45) is 0. The number of carbonyl (C=O) groups excluding carboxylic acids is 2. The second-order valence-electron chi connectivity index (χ2n) is 5.31. The third-order valence-corrected chi connectivity index (χ3v) is 4.04. The van der Waals surface area contributed by atoms with E-state index in [1.165, 1.54) is 6.07 Å². The number of rotatable bonds is 2.